The highest BCUT2D eigenvalue weighted by Gasteiger charge is 2.24. The van der Waals surface area contributed by atoms with E-state index in [-0.39, 0.29) is 29.1 Å². The molecule has 1 aromatic carbocycles. The van der Waals surface area contributed by atoms with Crippen LogP contribution in [0.5, 0.6) is 0 Å². The second-order valence-corrected chi connectivity index (χ2v) is 5.49. The first-order valence-electron chi connectivity index (χ1n) is 7.68. The predicted octanol–water partition coefficient (Wildman–Crippen LogP) is 2.71. The van der Waals surface area contributed by atoms with Gasteiger partial charge in [0, 0.05) is 17.3 Å². The van der Waals surface area contributed by atoms with Gasteiger partial charge in [0.1, 0.15) is 23.0 Å². The van der Waals surface area contributed by atoms with Gasteiger partial charge in [0.05, 0.1) is 12.1 Å². The van der Waals surface area contributed by atoms with Gasteiger partial charge in [-0.1, -0.05) is 11.1 Å². The zero-order valence-corrected chi connectivity index (χ0v) is 13.8. The molecule has 2 aromatic heterocycles. The van der Waals surface area contributed by atoms with Crippen LogP contribution in [0.1, 0.15) is 32.2 Å². The summed E-state index contributed by atoms with van der Waals surface area (Å²) in [5.41, 5.74) is 1.60. The van der Waals surface area contributed by atoms with Crippen LogP contribution in [0.15, 0.2) is 41.1 Å². The highest BCUT2D eigenvalue weighted by atomic mass is 19.1. The molecule has 26 heavy (non-hydrogen) atoms. The molecule has 0 saturated heterocycles. The number of amides is 1. The van der Waals surface area contributed by atoms with E-state index in [1.807, 2.05) is 0 Å². The normalized spacial score (nSPS) is 10.3. The van der Waals surface area contributed by atoms with E-state index < -0.39 is 11.7 Å². The molecule has 2 N–H and O–H groups in total. The molecule has 3 rings (SSSR count). The maximum atomic E-state index is 13.1. The van der Waals surface area contributed by atoms with Crippen LogP contribution in [0, 0.1) is 25.1 Å². The van der Waals surface area contributed by atoms with Gasteiger partial charge >= 0.3 is 0 Å². The van der Waals surface area contributed by atoms with Gasteiger partial charge in [-0.3, -0.25) is 9.59 Å². The summed E-state index contributed by atoms with van der Waals surface area (Å²) < 4.78 is 18.3. The van der Waals surface area contributed by atoms with Crippen molar-refractivity contribution in [2.75, 3.05) is 6.54 Å². The Bertz CT molecular complexity index is 1010. The van der Waals surface area contributed by atoms with Crippen LogP contribution in [0.2, 0.25) is 0 Å². The number of nitrogens with zero attached hydrogens (tertiary/aromatic N) is 1. The smallest absolute Gasteiger partial charge is 0.268 e. The van der Waals surface area contributed by atoms with Crippen molar-refractivity contribution >= 4 is 11.7 Å². The third-order valence-corrected chi connectivity index (χ3v) is 3.75. The molecule has 130 valence electrons. The van der Waals surface area contributed by atoms with Gasteiger partial charge in [-0.05, 0) is 37.3 Å². The zero-order valence-electron chi connectivity index (χ0n) is 13.8. The number of H-pyrrole nitrogens is 1. The lowest BCUT2D eigenvalue weighted by molar-refractivity contribution is 0.0954. The summed E-state index contributed by atoms with van der Waals surface area (Å²) >= 11 is 0. The second-order valence-electron chi connectivity index (χ2n) is 5.49. The first-order chi connectivity index (χ1) is 12.5. The summed E-state index contributed by atoms with van der Waals surface area (Å²) in [6.07, 6.45) is 6.53. The molecule has 0 aliphatic rings. The number of hydrogen-bond acceptors (Lipinski definition) is 4. The molecule has 7 heteroatoms. The summed E-state index contributed by atoms with van der Waals surface area (Å²) in [5, 5.41) is 6.42. The van der Waals surface area contributed by atoms with Gasteiger partial charge in [-0.15, -0.1) is 6.42 Å². The molecule has 0 atom stereocenters. The molecule has 0 bridgehead atoms. The van der Waals surface area contributed by atoms with Gasteiger partial charge in [-0.2, -0.15) is 0 Å². The molecule has 0 radical (unpaired) electrons. The minimum absolute atomic E-state index is 0.0839. The molecule has 0 spiro atoms. The monoisotopic (exact) mass is 351 g/mol. The van der Waals surface area contributed by atoms with Gasteiger partial charge < -0.3 is 14.8 Å². The van der Waals surface area contributed by atoms with Crippen LogP contribution in [0.4, 0.5) is 4.39 Å². The second kappa shape index (κ2) is 7.07. The van der Waals surface area contributed by atoms with Crippen LogP contribution in [-0.4, -0.2) is 28.4 Å². The van der Waals surface area contributed by atoms with Crippen molar-refractivity contribution < 1.29 is 18.5 Å². The SMILES string of the molecule is C#CCNC(=O)c1cc(C(=O)c2c(-c3ccc(F)cc3)noc2C)c[nH]1. The van der Waals surface area contributed by atoms with Crippen molar-refractivity contribution in [2.45, 2.75) is 6.92 Å². The Labute approximate surface area is 148 Å². The quantitative estimate of drug-likeness (QED) is 0.546. The maximum Gasteiger partial charge on any atom is 0.268 e. The average molecular weight is 351 g/mol. The van der Waals surface area contributed by atoms with E-state index in [1.165, 1.54) is 36.5 Å². The molecular weight excluding hydrogens is 337 g/mol. The molecule has 3 aromatic rings. The van der Waals surface area contributed by atoms with Crippen molar-refractivity contribution in [1.29, 1.82) is 0 Å². The number of halogens is 1. The van der Waals surface area contributed by atoms with Crippen molar-refractivity contribution in [3.05, 3.63) is 64.9 Å². The molecule has 2 heterocycles. The van der Waals surface area contributed by atoms with Crippen LogP contribution in [-0.2, 0) is 0 Å². The lowest BCUT2D eigenvalue weighted by Crippen LogP contribution is -2.23. The van der Waals surface area contributed by atoms with E-state index in [0.717, 1.165) is 0 Å². The standard InChI is InChI=1S/C19H14FN3O3/c1-3-8-21-19(25)15-9-13(10-22-15)18(24)16-11(2)26-23-17(16)12-4-6-14(20)7-5-12/h1,4-7,9-10,22H,8H2,2H3,(H,21,25). The first kappa shape index (κ1) is 17.2. The molecule has 0 saturated carbocycles. The van der Waals surface area contributed by atoms with Crippen molar-refractivity contribution in [2.24, 2.45) is 0 Å². The van der Waals surface area contributed by atoms with Crippen molar-refractivity contribution in [3.8, 4) is 23.6 Å². The largest absolute Gasteiger partial charge is 0.360 e. The fraction of sp³-hybridized carbons (Fsp3) is 0.105. The molecule has 1 amide bonds. The average Bonchev–Trinajstić information content (AvgIpc) is 3.27. The van der Waals surface area contributed by atoms with E-state index >= 15 is 0 Å². The van der Waals surface area contributed by atoms with Crippen LogP contribution in [0.25, 0.3) is 11.3 Å². The Hall–Kier alpha value is -3.66. The number of carbonyl (C=O) groups excluding carboxylic acids is 2. The Kier molecular flexibility index (Phi) is 4.67. The number of rotatable bonds is 5. The van der Waals surface area contributed by atoms with E-state index in [9.17, 15) is 14.0 Å². The number of hydrogen-bond donors (Lipinski definition) is 2. The molecule has 0 aliphatic carbocycles. The number of benzene rings is 1. The Morgan fingerprint density at radius 3 is 2.77 bits per heavy atom. The van der Waals surface area contributed by atoms with Crippen molar-refractivity contribution in [3.63, 3.8) is 0 Å². The van der Waals surface area contributed by atoms with E-state index in [2.05, 4.69) is 21.4 Å². The molecule has 0 fully saturated rings. The summed E-state index contributed by atoms with van der Waals surface area (Å²) in [6, 6.07) is 7.00. The predicted molar refractivity (Wildman–Crippen MR) is 92.0 cm³/mol. The van der Waals surface area contributed by atoms with Gasteiger partial charge in [0.15, 0.2) is 5.78 Å². The summed E-state index contributed by atoms with van der Waals surface area (Å²) in [4.78, 5) is 27.5. The van der Waals surface area contributed by atoms with Crippen LogP contribution in [0.3, 0.4) is 0 Å². The van der Waals surface area contributed by atoms with Gasteiger partial charge in [0.25, 0.3) is 5.91 Å². The van der Waals surface area contributed by atoms with E-state index in [4.69, 9.17) is 10.9 Å². The minimum atomic E-state index is -0.414. The number of nitrogens with one attached hydrogen (secondary N) is 2. The molecule has 0 aliphatic heterocycles. The van der Waals surface area contributed by atoms with E-state index in [0.29, 0.717) is 17.0 Å². The fourth-order valence-corrected chi connectivity index (χ4v) is 2.47. The summed E-state index contributed by atoms with van der Waals surface area (Å²) in [5.74, 6) is 1.45. The number of ketones is 1. The topological polar surface area (TPSA) is 88.0 Å². The zero-order chi connectivity index (χ0) is 18.7. The third-order valence-electron chi connectivity index (χ3n) is 3.75. The van der Waals surface area contributed by atoms with Crippen molar-refractivity contribution in [1.82, 2.24) is 15.5 Å². The van der Waals surface area contributed by atoms with Crippen LogP contribution < -0.4 is 5.32 Å². The van der Waals surface area contributed by atoms with Gasteiger partial charge in [-0.25, -0.2) is 4.39 Å². The lowest BCUT2D eigenvalue weighted by atomic mass is 9.99. The number of aromatic nitrogens is 2. The minimum Gasteiger partial charge on any atom is -0.360 e. The molecule has 6 nitrogen and oxygen atoms in total. The van der Waals surface area contributed by atoms with E-state index in [1.54, 1.807) is 6.92 Å². The highest BCUT2D eigenvalue weighted by molar-refractivity contribution is 6.13. The Balaban J connectivity index is 1.93. The Morgan fingerprint density at radius 2 is 2.08 bits per heavy atom. The summed E-state index contributed by atoms with van der Waals surface area (Å²) in [6.45, 7) is 1.70. The lowest BCUT2D eigenvalue weighted by Gasteiger charge is -2.01. The maximum absolute atomic E-state index is 13.1. The number of terminal acetylenes is 1. The van der Waals surface area contributed by atoms with Gasteiger partial charge in [0.2, 0.25) is 0 Å². The fourth-order valence-electron chi connectivity index (χ4n) is 2.47. The first-order valence-corrected chi connectivity index (χ1v) is 7.68. The summed E-state index contributed by atoms with van der Waals surface area (Å²) in [7, 11) is 0. The molecular formula is C19H14FN3O3. The number of aryl methyl sites for hydroxylation is 1. The Morgan fingerprint density at radius 1 is 1.35 bits per heavy atom. The highest BCUT2D eigenvalue weighted by Crippen LogP contribution is 2.27. The third kappa shape index (κ3) is 3.26. The van der Waals surface area contributed by atoms with Crippen LogP contribution >= 0.6 is 0 Å². The number of aromatic amines is 1. The number of carbonyl (C=O) groups is 2. The molecule has 0 unspecified atom stereocenters.